The zero-order valence-electron chi connectivity index (χ0n) is 11.3. The maximum absolute atomic E-state index is 3.52. The Kier molecular flexibility index (Phi) is 5.59. The van der Waals surface area contributed by atoms with Crippen molar-refractivity contribution in [3.05, 3.63) is 34.4 Å². The zero-order valence-corrected chi connectivity index (χ0v) is 11.3. The van der Waals surface area contributed by atoms with Crippen LogP contribution in [0.25, 0.3) is 0 Å². The lowest BCUT2D eigenvalue weighted by atomic mass is 9.89. The smallest absolute Gasteiger partial charge is 0.0143 e. The fraction of sp³-hybridized carbons (Fsp3) is 0.625. The van der Waals surface area contributed by atoms with Crippen LogP contribution in [0.2, 0.25) is 0 Å². The summed E-state index contributed by atoms with van der Waals surface area (Å²) in [5, 5.41) is 0. The number of hydrogen-bond acceptors (Lipinski definition) is 0. The third-order valence-electron chi connectivity index (χ3n) is 3.27. The van der Waals surface area contributed by atoms with Crippen LogP contribution in [-0.4, -0.2) is 0 Å². The zero-order chi connectivity index (χ0) is 12.0. The quantitative estimate of drug-likeness (QED) is 0.657. The molecule has 1 rings (SSSR count). The summed E-state index contributed by atoms with van der Waals surface area (Å²) in [5.41, 5.74) is 6.18. The van der Waals surface area contributed by atoms with Crippen LogP contribution in [0.15, 0.2) is 6.07 Å². The van der Waals surface area contributed by atoms with Crippen LogP contribution < -0.4 is 0 Å². The Morgan fingerprint density at radius 2 is 1.56 bits per heavy atom. The molecule has 0 N–H and O–H groups in total. The second kappa shape index (κ2) is 6.73. The second-order valence-electron chi connectivity index (χ2n) is 4.46. The van der Waals surface area contributed by atoms with E-state index in [1.165, 1.54) is 43.2 Å². The van der Waals surface area contributed by atoms with Gasteiger partial charge in [0.2, 0.25) is 0 Å². The molecule has 0 aliphatic carbocycles. The highest BCUT2D eigenvalue weighted by Gasteiger charge is 2.10. The molecule has 0 fully saturated rings. The lowest BCUT2D eigenvalue weighted by molar-refractivity contribution is 0.835. The predicted octanol–water partition coefficient (Wildman–Crippen LogP) is 4.52. The van der Waals surface area contributed by atoms with Crippen LogP contribution in [0.5, 0.6) is 0 Å². The van der Waals surface area contributed by atoms with Crippen molar-refractivity contribution in [2.24, 2.45) is 0 Å². The molecule has 0 saturated heterocycles. The maximum atomic E-state index is 3.52. The van der Waals surface area contributed by atoms with Gasteiger partial charge in [-0.2, -0.15) is 0 Å². The fourth-order valence-corrected chi connectivity index (χ4v) is 2.51. The minimum Gasteiger partial charge on any atom is -0.0651 e. The van der Waals surface area contributed by atoms with Gasteiger partial charge in [0, 0.05) is 0 Å². The van der Waals surface area contributed by atoms with Crippen molar-refractivity contribution in [1.29, 1.82) is 0 Å². The topological polar surface area (TPSA) is 0 Å². The molecular weight excluding hydrogens is 192 g/mol. The summed E-state index contributed by atoms with van der Waals surface area (Å²) < 4.78 is 0. The van der Waals surface area contributed by atoms with E-state index in [1.807, 2.05) is 0 Å². The molecule has 0 atom stereocenters. The molecule has 0 saturated carbocycles. The summed E-state index contributed by atoms with van der Waals surface area (Å²) in [6.07, 6.45) is 7.19. The highest BCUT2D eigenvalue weighted by Crippen LogP contribution is 2.23. The molecule has 0 heteroatoms. The predicted molar refractivity (Wildman–Crippen MR) is 72.0 cm³/mol. The van der Waals surface area contributed by atoms with Gasteiger partial charge in [-0.3, -0.25) is 0 Å². The Hall–Kier alpha value is -0.780. The van der Waals surface area contributed by atoms with Crippen LogP contribution in [0, 0.1) is 6.07 Å². The van der Waals surface area contributed by atoms with Gasteiger partial charge in [-0.05, 0) is 54.0 Å². The normalized spacial score (nSPS) is 10.8. The van der Waals surface area contributed by atoms with Crippen molar-refractivity contribution in [2.75, 3.05) is 0 Å². The number of benzene rings is 1. The van der Waals surface area contributed by atoms with Crippen LogP contribution in [0.3, 0.4) is 0 Å². The van der Waals surface area contributed by atoms with E-state index >= 15 is 0 Å². The molecule has 89 valence electrons. The van der Waals surface area contributed by atoms with Crippen molar-refractivity contribution in [1.82, 2.24) is 0 Å². The number of aryl methyl sites for hydroxylation is 2. The Morgan fingerprint density at radius 1 is 0.875 bits per heavy atom. The maximum Gasteiger partial charge on any atom is -0.0143 e. The van der Waals surface area contributed by atoms with E-state index in [0.717, 1.165) is 6.42 Å². The first-order valence-electron chi connectivity index (χ1n) is 6.82. The van der Waals surface area contributed by atoms with Crippen molar-refractivity contribution < 1.29 is 0 Å². The molecule has 0 bridgehead atoms. The molecule has 0 aliphatic heterocycles. The lowest BCUT2D eigenvalue weighted by Crippen LogP contribution is -2.04. The van der Waals surface area contributed by atoms with E-state index in [2.05, 4.69) is 39.8 Å². The van der Waals surface area contributed by atoms with E-state index in [-0.39, 0.29) is 0 Å². The van der Waals surface area contributed by atoms with Gasteiger partial charge in [0.15, 0.2) is 0 Å². The Bertz CT molecular complexity index is 323. The summed E-state index contributed by atoms with van der Waals surface area (Å²) in [7, 11) is 0. The van der Waals surface area contributed by atoms with Gasteiger partial charge in [0.25, 0.3) is 0 Å². The average molecular weight is 217 g/mol. The summed E-state index contributed by atoms with van der Waals surface area (Å²) in [6.45, 7) is 9.05. The summed E-state index contributed by atoms with van der Waals surface area (Å²) in [5.74, 6) is 0. The lowest BCUT2D eigenvalue weighted by Gasteiger charge is -2.16. The van der Waals surface area contributed by atoms with Crippen molar-refractivity contribution in [3.8, 4) is 0 Å². The van der Waals surface area contributed by atoms with Crippen molar-refractivity contribution in [2.45, 2.75) is 66.2 Å². The molecule has 1 aromatic carbocycles. The number of hydrogen-bond donors (Lipinski definition) is 0. The van der Waals surface area contributed by atoms with Crippen molar-refractivity contribution in [3.63, 3.8) is 0 Å². The Balaban J connectivity index is 3.20. The summed E-state index contributed by atoms with van der Waals surface area (Å²) >= 11 is 0. The first-order chi connectivity index (χ1) is 7.78. The molecular formula is C16H25. The molecule has 0 aliphatic rings. The molecule has 16 heavy (non-hydrogen) atoms. The van der Waals surface area contributed by atoms with Gasteiger partial charge in [0.1, 0.15) is 0 Å². The third-order valence-corrected chi connectivity index (χ3v) is 3.27. The van der Waals surface area contributed by atoms with Crippen LogP contribution in [0.1, 0.15) is 62.8 Å². The molecule has 0 heterocycles. The third kappa shape index (κ3) is 2.87. The van der Waals surface area contributed by atoms with Crippen LogP contribution >= 0.6 is 0 Å². The first kappa shape index (κ1) is 13.3. The van der Waals surface area contributed by atoms with Gasteiger partial charge < -0.3 is 0 Å². The van der Waals surface area contributed by atoms with E-state index < -0.39 is 0 Å². The van der Waals surface area contributed by atoms with E-state index in [0.29, 0.717) is 0 Å². The second-order valence-corrected chi connectivity index (χ2v) is 4.46. The standard InChI is InChI=1S/C16H25/c1-5-9-14-12-11-13(7-3)15(8-4)16(14)10-6-2/h11H,5-10H2,1-4H3. The number of rotatable bonds is 6. The van der Waals surface area contributed by atoms with E-state index in [9.17, 15) is 0 Å². The molecule has 0 aromatic heterocycles. The molecule has 0 nitrogen and oxygen atoms in total. The largest absolute Gasteiger partial charge is 0.0651 e. The SMILES string of the molecule is CCCc1[c]cc(CC)c(CC)c1CCC. The van der Waals surface area contributed by atoms with Gasteiger partial charge in [-0.15, -0.1) is 0 Å². The minimum atomic E-state index is 1.14. The molecule has 0 amide bonds. The molecule has 1 aromatic rings. The molecule has 0 spiro atoms. The van der Waals surface area contributed by atoms with Gasteiger partial charge in [-0.1, -0.05) is 46.6 Å². The Morgan fingerprint density at radius 3 is 2.06 bits per heavy atom. The first-order valence-corrected chi connectivity index (χ1v) is 6.82. The highest BCUT2D eigenvalue weighted by atomic mass is 14.1. The van der Waals surface area contributed by atoms with Gasteiger partial charge >= 0.3 is 0 Å². The fourth-order valence-electron chi connectivity index (χ4n) is 2.51. The van der Waals surface area contributed by atoms with Gasteiger partial charge in [-0.25, -0.2) is 0 Å². The summed E-state index contributed by atoms with van der Waals surface area (Å²) in [6, 6.07) is 5.74. The monoisotopic (exact) mass is 217 g/mol. The highest BCUT2D eigenvalue weighted by molar-refractivity contribution is 5.41. The van der Waals surface area contributed by atoms with E-state index in [4.69, 9.17) is 0 Å². The van der Waals surface area contributed by atoms with Gasteiger partial charge in [0.05, 0.1) is 0 Å². The molecule has 0 unspecified atom stereocenters. The van der Waals surface area contributed by atoms with Crippen molar-refractivity contribution >= 4 is 0 Å². The molecule has 1 radical (unpaired) electrons. The van der Waals surface area contributed by atoms with Crippen LogP contribution in [-0.2, 0) is 25.7 Å². The average Bonchev–Trinajstić information content (AvgIpc) is 2.31. The minimum absolute atomic E-state index is 1.14. The Labute approximate surface area is 101 Å². The summed E-state index contributed by atoms with van der Waals surface area (Å²) in [4.78, 5) is 0. The van der Waals surface area contributed by atoms with Crippen LogP contribution in [0.4, 0.5) is 0 Å². The van der Waals surface area contributed by atoms with E-state index in [1.54, 1.807) is 11.1 Å².